The predicted molar refractivity (Wildman–Crippen MR) is 78.7 cm³/mol. The van der Waals surface area contributed by atoms with Crippen LogP contribution in [0, 0.1) is 19.8 Å². The van der Waals surface area contributed by atoms with E-state index in [1.807, 2.05) is 24.8 Å². The highest BCUT2D eigenvalue weighted by molar-refractivity contribution is 5.95. The molecular formula is C15H25N3O2. The minimum Gasteiger partial charge on any atom is -0.466 e. The minimum atomic E-state index is 0.0888. The molecule has 0 spiro atoms. The number of amides is 1. The van der Waals surface area contributed by atoms with Gasteiger partial charge in [-0.25, -0.2) is 0 Å². The van der Waals surface area contributed by atoms with Gasteiger partial charge >= 0.3 is 0 Å². The van der Waals surface area contributed by atoms with Gasteiger partial charge in [0.15, 0.2) is 0 Å². The Morgan fingerprint density at radius 1 is 1.35 bits per heavy atom. The molecule has 0 aliphatic carbocycles. The van der Waals surface area contributed by atoms with Crippen LogP contribution in [0.5, 0.6) is 0 Å². The van der Waals surface area contributed by atoms with E-state index < -0.39 is 0 Å². The van der Waals surface area contributed by atoms with Gasteiger partial charge in [-0.1, -0.05) is 6.92 Å². The van der Waals surface area contributed by atoms with Crippen LogP contribution in [0.3, 0.4) is 0 Å². The van der Waals surface area contributed by atoms with E-state index in [4.69, 9.17) is 10.2 Å². The van der Waals surface area contributed by atoms with Crippen molar-refractivity contribution in [3.8, 4) is 0 Å². The molecule has 0 aromatic carbocycles. The molecule has 1 aliphatic rings. The topological polar surface area (TPSA) is 62.7 Å². The number of aryl methyl sites for hydroxylation is 2. The predicted octanol–water partition coefficient (Wildman–Crippen LogP) is 1.25. The summed E-state index contributed by atoms with van der Waals surface area (Å²) >= 11 is 0. The lowest BCUT2D eigenvalue weighted by Crippen LogP contribution is -2.50. The smallest absolute Gasteiger partial charge is 0.257 e. The van der Waals surface area contributed by atoms with Gasteiger partial charge in [-0.3, -0.25) is 9.69 Å². The third-order valence-corrected chi connectivity index (χ3v) is 3.90. The Morgan fingerprint density at radius 3 is 2.50 bits per heavy atom. The normalized spacial score (nSPS) is 18.3. The average molecular weight is 279 g/mol. The van der Waals surface area contributed by atoms with Crippen LogP contribution in [-0.4, -0.2) is 55.0 Å². The van der Waals surface area contributed by atoms with E-state index in [0.29, 0.717) is 23.8 Å². The monoisotopic (exact) mass is 279 g/mol. The van der Waals surface area contributed by atoms with Crippen LogP contribution in [0.25, 0.3) is 0 Å². The third-order valence-electron chi connectivity index (χ3n) is 3.90. The number of rotatable bonds is 4. The zero-order valence-electron chi connectivity index (χ0n) is 12.7. The van der Waals surface area contributed by atoms with E-state index in [1.54, 1.807) is 0 Å². The summed E-state index contributed by atoms with van der Waals surface area (Å²) < 4.78 is 5.44. The fourth-order valence-electron chi connectivity index (χ4n) is 2.66. The summed E-state index contributed by atoms with van der Waals surface area (Å²) in [6.45, 7) is 11.0. The highest BCUT2D eigenvalue weighted by atomic mass is 16.3. The van der Waals surface area contributed by atoms with E-state index in [9.17, 15) is 4.79 Å². The van der Waals surface area contributed by atoms with Crippen molar-refractivity contribution in [2.75, 3.05) is 39.3 Å². The molecule has 2 N–H and O–H groups in total. The molecule has 1 unspecified atom stereocenters. The molecule has 5 nitrogen and oxygen atoms in total. The quantitative estimate of drug-likeness (QED) is 0.901. The SMILES string of the molecule is Cc1cc(C(=O)N2CCN(CC(C)CN)CC2)c(C)o1. The summed E-state index contributed by atoms with van der Waals surface area (Å²) in [5.41, 5.74) is 6.36. The second kappa shape index (κ2) is 6.41. The molecule has 0 radical (unpaired) electrons. The summed E-state index contributed by atoms with van der Waals surface area (Å²) in [6.07, 6.45) is 0. The van der Waals surface area contributed by atoms with Crippen molar-refractivity contribution in [2.45, 2.75) is 20.8 Å². The number of carbonyl (C=O) groups is 1. The van der Waals surface area contributed by atoms with E-state index in [2.05, 4.69) is 11.8 Å². The molecule has 5 heteroatoms. The first-order valence-electron chi connectivity index (χ1n) is 7.30. The molecule has 1 atom stereocenters. The molecule has 2 rings (SSSR count). The van der Waals surface area contributed by atoms with Crippen molar-refractivity contribution in [2.24, 2.45) is 11.7 Å². The van der Waals surface area contributed by atoms with Gasteiger partial charge < -0.3 is 15.1 Å². The summed E-state index contributed by atoms with van der Waals surface area (Å²) in [5, 5.41) is 0. The highest BCUT2D eigenvalue weighted by Crippen LogP contribution is 2.17. The summed E-state index contributed by atoms with van der Waals surface area (Å²) in [5.74, 6) is 2.11. The van der Waals surface area contributed by atoms with Crippen molar-refractivity contribution in [3.05, 3.63) is 23.2 Å². The van der Waals surface area contributed by atoms with Gasteiger partial charge in [0.2, 0.25) is 0 Å². The second-order valence-corrected chi connectivity index (χ2v) is 5.76. The minimum absolute atomic E-state index is 0.0888. The number of hydrogen-bond acceptors (Lipinski definition) is 4. The molecular weight excluding hydrogens is 254 g/mol. The molecule has 1 fully saturated rings. The zero-order chi connectivity index (χ0) is 14.7. The van der Waals surface area contributed by atoms with Gasteiger partial charge in [0.1, 0.15) is 11.5 Å². The van der Waals surface area contributed by atoms with Crippen molar-refractivity contribution in [1.82, 2.24) is 9.80 Å². The molecule has 1 amide bonds. The van der Waals surface area contributed by atoms with Gasteiger partial charge in [-0.05, 0) is 32.4 Å². The second-order valence-electron chi connectivity index (χ2n) is 5.76. The third kappa shape index (κ3) is 3.41. The lowest BCUT2D eigenvalue weighted by atomic mass is 10.1. The van der Waals surface area contributed by atoms with Crippen LogP contribution < -0.4 is 5.73 Å². The lowest BCUT2D eigenvalue weighted by molar-refractivity contribution is 0.0620. The Hall–Kier alpha value is -1.33. The number of nitrogens with two attached hydrogens (primary N) is 1. The molecule has 0 bridgehead atoms. The van der Waals surface area contributed by atoms with Crippen molar-refractivity contribution in [3.63, 3.8) is 0 Å². The maximum absolute atomic E-state index is 12.4. The largest absolute Gasteiger partial charge is 0.466 e. The molecule has 1 aromatic heterocycles. The van der Waals surface area contributed by atoms with E-state index >= 15 is 0 Å². The van der Waals surface area contributed by atoms with Crippen LogP contribution in [0.15, 0.2) is 10.5 Å². The summed E-state index contributed by atoms with van der Waals surface area (Å²) in [6, 6.07) is 1.83. The van der Waals surface area contributed by atoms with Gasteiger partial charge in [0, 0.05) is 32.7 Å². The van der Waals surface area contributed by atoms with Gasteiger partial charge in [-0.15, -0.1) is 0 Å². The zero-order valence-corrected chi connectivity index (χ0v) is 12.7. The molecule has 20 heavy (non-hydrogen) atoms. The maximum atomic E-state index is 12.4. The number of nitrogens with zero attached hydrogens (tertiary/aromatic N) is 2. The van der Waals surface area contributed by atoms with Crippen LogP contribution in [0.4, 0.5) is 0 Å². The van der Waals surface area contributed by atoms with Crippen LogP contribution in [0.1, 0.15) is 28.8 Å². The van der Waals surface area contributed by atoms with E-state index in [0.717, 1.165) is 38.5 Å². The first-order valence-corrected chi connectivity index (χ1v) is 7.30. The molecule has 0 saturated carbocycles. The number of piperazine rings is 1. The summed E-state index contributed by atoms with van der Waals surface area (Å²) in [4.78, 5) is 16.7. The standard InChI is InChI=1S/C15H25N3O2/c1-11(9-16)10-17-4-6-18(7-5-17)15(19)14-8-12(2)20-13(14)3/h8,11H,4-7,9-10,16H2,1-3H3. The molecule has 1 aliphatic heterocycles. The Balaban J connectivity index is 1.90. The Bertz CT molecular complexity index is 462. The van der Waals surface area contributed by atoms with E-state index in [1.165, 1.54) is 0 Å². The highest BCUT2D eigenvalue weighted by Gasteiger charge is 2.25. The van der Waals surface area contributed by atoms with Gasteiger partial charge in [0.25, 0.3) is 5.91 Å². The average Bonchev–Trinajstić information content (AvgIpc) is 2.77. The van der Waals surface area contributed by atoms with Crippen molar-refractivity contribution < 1.29 is 9.21 Å². The summed E-state index contributed by atoms with van der Waals surface area (Å²) in [7, 11) is 0. The number of hydrogen-bond donors (Lipinski definition) is 1. The molecule has 1 saturated heterocycles. The van der Waals surface area contributed by atoms with Crippen LogP contribution >= 0.6 is 0 Å². The van der Waals surface area contributed by atoms with Gasteiger partial charge in [-0.2, -0.15) is 0 Å². The first kappa shape index (κ1) is 15.1. The van der Waals surface area contributed by atoms with Crippen LogP contribution in [0.2, 0.25) is 0 Å². The fraction of sp³-hybridized carbons (Fsp3) is 0.667. The Morgan fingerprint density at radius 2 is 2.00 bits per heavy atom. The first-order chi connectivity index (χ1) is 9.51. The fourth-order valence-corrected chi connectivity index (χ4v) is 2.66. The lowest BCUT2D eigenvalue weighted by Gasteiger charge is -2.35. The molecule has 1 aromatic rings. The van der Waals surface area contributed by atoms with Crippen molar-refractivity contribution >= 4 is 5.91 Å². The number of furan rings is 1. The maximum Gasteiger partial charge on any atom is 0.257 e. The van der Waals surface area contributed by atoms with Crippen LogP contribution in [-0.2, 0) is 0 Å². The van der Waals surface area contributed by atoms with E-state index in [-0.39, 0.29) is 5.91 Å². The van der Waals surface area contributed by atoms with Gasteiger partial charge in [0.05, 0.1) is 5.56 Å². The number of carbonyl (C=O) groups excluding carboxylic acids is 1. The van der Waals surface area contributed by atoms with Crippen molar-refractivity contribution in [1.29, 1.82) is 0 Å². The molecule has 2 heterocycles. The molecule has 112 valence electrons. The Labute approximate surface area is 120 Å². The Kier molecular flexibility index (Phi) is 4.83.